The molecule has 0 heterocycles. The third-order valence-corrected chi connectivity index (χ3v) is 4.81. The summed E-state index contributed by atoms with van der Waals surface area (Å²) in [4.78, 5) is 34.6. The van der Waals surface area contributed by atoms with Crippen LogP contribution in [0.5, 0.6) is 5.75 Å². The minimum absolute atomic E-state index is 0.0149. The van der Waals surface area contributed by atoms with Gasteiger partial charge in [0.05, 0.1) is 23.6 Å². The second-order valence-corrected chi connectivity index (χ2v) is 7.57. The Labute approximate surface area is 192 Å². The van der Waals surface area contributed by atoms with E-state index in [-0.39, 0.29) is 23.5 Å². The number of hydrogen-bond acceptors (Lipinski definition) is 6. The number of rotatable bonds is 14. The summed E-state index contributed by atoms with van der Waals surface area (Å²) in [6, 6.07) is 9.24. The maximum atomic E-state index is 13.7. The minimum Gasteiger partial charge on any atom is -0.480 e. The van der Waals surface area contributed by atoms with E-state index in [0.717, 1.165) is 31.4 Å². The fraction of sp³-hybridized carbons (Fsp3) is 0.417. The van der Waals surface area contributed by atoms with Crippen molar-refractivity contribution in [3.8, 4) is 5.75 Å². The van der Waals surface area contributed by atoms with Gasteiger partial charge in [-0.25, -0.2) is 9.18 Å². The number of nitro benzene ring substituents is 1. The number of halogens is 1. The first-order valence-corrected chi connectivity index (χ1v) is 11.0. The molecular formula is C24H29FN2O6. The lowest BCUT2D eigenvalue weighted by Gasteiger charge is -2.13. The van der Waals surface area contributed by atoms with Gasteiger partial charge in [0, 0.05) is 18.2 Å². The number of amides is 1. The van der Waals surface area contributed by atoms with E-state index in [1.165, 1.54) is 43.5 Å². The highest BCUT2D eigenvalue weighted by atomic mass is 19.1. The highest BCUT2D eigenvalue weighted by Gasteiger charge is 2.14. The van der Waals surface area contributed by atoms with Crippen molar-refractivity contribution in [3.63, 3.8) is 0 Å². The SMILES string of the molecule is CCCCCCCCOC(=O)COc1cc(F)ccc1NC(=O)Cc1cccc([N+](=O)[O-])c1. The van der Waals surface area contributed by atoms with Gasteiger partial charge in [-0.2, -0.15) is 0 Å². The molecule has 8 nitrogen and oxygen atoms in total. The Balaban J connectivity index is 1.85. The van der Waals surface area contributed by atoms with Gasteiger partial charge in [-0.15, -0.1) is 0 Å². The molecule has 9 heteroatoms. The van der Waals surface area contributed by atoms with Gasteiger partial charge in [0.1, 0.15) is 11.6 Å². The van der Waals surface area contributed by atoms with Crippen LogP contribution in [0, 0.1) is 15.9 Å². The van der Waals surface area contributed by atoms with E-state index in [0.29, 0.717) is 12.2 Å². The van der Waals surface area contributed by atoms with Crippen molar-refractivity contribution in [2.24, 2.45) is 0 Å². The van der Waals surface area contributed by atoms with Gasteiger partial charge in [-0.1, -0.05) is 51.2 Å². The molecule has 0 atom stereocenters. The molecule has 0 fully saturated rings. The number of nitro groups is 1. The Bertz CT molecular complexity index is 950. The van der Waals surface area contributed by atoms with Gasteiger partial charge < -0.3 is 14.8 Å². The quantitative estimate of drug-likeness (QED) is 0.180. The summed E-state index contributed by atoms with van der Waals surface area (Å²) < 4.78 is 24.2. The zero-order valence-electron chi connectivity index (χ0n) is 18.7. The van der Waals surface area contributed by atoms with Crippen molar-refractivity contribution < 1.29 is 28.4 Å². The van der Waals surface area contributed by atoms with Crippen LogP contribution < -0.4 is 10.1 Å². The monoisotopic (exact) mass is 460 g/mol. The Kier molecular flexibility index (Phi) is 10.8. The summed E-state index contributed by atoms with van der Waals surface area (Å²) in [5, 5.41) is 13.5. The molecule has 0 aliphatic carbocycles. The molecule has 0 unspecified atom stereocenters. The third-order valence-electron chi connectivity index (χ3n) is 4.81. The number of hydrogen-bond donors (Lipinski definition) is 1. The molecular weight excluding hydrogens is 431 g/mol. The first kappa shape index (κ1) is 25.8. The van der Waals surface area contributed by atoms with Crippen LogP contribution in [0.4, 0.5) is 15.8 Å². The van der Waals surface area contributed by atoms with Crippen LogP contribution in [-0.2, 0) is 20.7 Å². The molecule has 0 aromatic heterocycles. The Morgan fingerprint density at radius 2 is 1.82 bits per heavy atom. The van der Waals surface area contributed by atoms with E-state index < -0.39 is 29.2 Å². The average Bonchev–Trinajstić information content (AvgIpc) is 2.78. The predicted octanol–water partition coefficient (Wildman–Crippen LogP) is 5.20. The molecule has 2 aromatic carbocycles. The normalized spacial score (nSPS) is 10.5. The molecule has 2 aromatic rings. The molecule has 178 valence electrons. The largest absolute Gasteiger partial charge is 0.480 e. The topological polar surface area (TPSA) is 108 Å². The first-order valence-electron chi connectivity index (χ1n) is 11.0. The molecule has 0 radical (unpaired) electrons. The Morgan fingerprint density at radius 3 is 2.58 bits per heavy atom. The molecule has 1 amide bonds. The predicted molar refractivity (Wildman–Crippen MR) is 122 cm³/mol. The standard InChI is InChI=1S/C24H29FN2O6/c1-2-3-4-5-6-7-13-32-24(29)17-33-22-16-19(25)11-12-21(22)26-23(28)15-18-9-8-10-20(14-18)27(30)31/h8-12,14,16H,2-7,13,15,17H2,1H3,(H,26,28). The van der Waals surface area contributed by atoms with Crippen molar-refractivity contribution in [2.45, 2.75) is 51.9 Å². The van der Waals surface area contributed by atoms with E-state index in [1.807, 2.05) is 0 Å². The van der Waals surface area contributed by atoms with Crippen LogP contribution in [0.1, 0.15) is 51.0 Å². The van der Waals surface area contributed by atoms with Crippen molar-refractivity contribution in [2.75, 3.05) is 18.5 Å². The van der Waals surface area contributed by atoms with Crippen LogP contribution in [0.15, 0.2) is 42.5 Å². The molecule has 1 N–H and O–H groups in total. The van der Waals surface area contributed by atoms with Crippen LogP contribution in [0.2, 0.25) is 0 Å². The highest BCUT2D eigenvalue weighted by molar-refractivity contribution is 5.93. The molecule has 0 bridgehead atoms. The van der Waals surface area contributed by atoms with Gasteiger partial charge in [0.15, 0.2) is 6.61 Å². The maximum Gasteiger partial charge on any atom is 0.344 e. The fourth-order valence-electron chi connectivity index (χ4n) is 3.13. The number of anilines is 1. The fourth-order valence-corrected chi connectivity index (χ4v) is 3.13. The van der Waals surface area contributed by atoms with Crippen LogP contribution >= 0.6 is 0 Å². The van der Waals surface area contributed by atoms with Crippen LogP contribution in [0.25, 0.3) is 0 Å². The lowest BCUT2D eigenvalue weighted by Crippen LogP contribution is -2.18. The second kappa shape index (κ2) is 13.8. The highest BCUT2D eigenvalue weighted by Crippen LogP contribution is 2.26. The zero-order chi connectivity index (χ0) is 24.1. The van der Waals surface area contributed by atoms with Crippen LogP contribution in [0.3, 0.4) is 0 Å². The minimum atomic E-state index is -0.595. The molecule has 0 saturated heterocycles. The van der Waals surface area contributed by atoms with Gasteiger partial charge >= 0.3 is 5.97 Å². The molecule has 0 aliphatic rings. The van der Waals surface area contributed by atoms with Crippen molar-refractivity contribution in [1.82, 2.24) is 0 Å². The molecule has 2 rings (SSSR count). The number of esters is 1. The van der Waals surface area contributed by atoms with E-state index in [9.17, 15) is 24.1 Å². The summed E-state index contributed by atoms with van der Waals surface area (Å²) in [5.74, 6) is -1.67. The van der Waals surface area contributed by atoms with E-state index >= 15 is 0 Å². The number of carbonyl (C=O) groups excluding carboxylic acids is 2. The number of nitrogens with one attached hydrogen (secondary N) is 1. The zero-order valence-corrected chi connectivity index (χ0v) is 18.7. The lowest BCUT2D eigenvalue weighted by atomic mass is 10.1. The van der Waals surface area contributed by atoms with E-state index in [1.54, 1.807) is 6.07 Å². The van der Waals surface area contributed by atoms with Crippen molar-refractivity contribution in [1.29, 1.82) is 0 Å². The summed E-state index contributed by atoms with van der Waals surface area (Å²) in [5.41, 5.74) is 0.505. The molecule has 0 aliphatic heterocycles. The number of nitrogens with zero attached hydrogens (tertiary/aromatic N) is 1. The van der Waals surface area contributed by atoms with Gasteiger partial charge in [0.25, 0.3) is 5.69 Å². The Morgan fingerprint density at radius 1 is 1.06 bits per heavy atom. The van der Waals surface area contributed by atoms with Crippen molar-refractivity contribution in [3.05, 3.63) is 64.0 Å². The number of non-ortho nitro benzene ring substituents is 1. The summed E-state index contributed by atoms with van der Waals surface area (Å²) in [6.45, 7) is 2.02. The number of ether oxygens (including phenoxy) is 2. The molecule has 0 saturated carbocycles. The smallest absolute Gasteiger partial charge is 0.344 e. The summed E-state index contributed by atoms with van der Waals surface area (Å²) in [7, 11) is 0. The summed E-state index contributed by atoms with van der Waals surface area (Å²) >= 11 is 0. The third kappa shape index (κ3) is 9.67. The second-order valence-electron chi connectivity index (χ2n) is 7.57. The number of carbonyl (C=O) groups is 2. The molecule has 33 heavy (non-hydrogen) atoms. The Hall–Kier alpha value is -3.49. The average molecular weight is 461 g/mol. The summed E-state index contributed by atoms with van der Waals surface area (Å²) in [6.07, 6.45) is 6.27. The lowest BCUT2D eigenvalue weighted by molar-refractivity contribution is -0.384. The van der Waals surface area contributed by atoms with Gasteiger partial charge in [0.2, 0.25) is 5.91 Å². The van der Waals surface area contributed by atoms with Crippen LogP contribution in [-0.4, -0.2) is 30.0 Å². The first-order chi connectivity index (χ1) is 15.9. The van der Waals surface area contributed by atoms with Gasteiger partial charge in [-0.3, -0.25) is 14.9 Å². The number of unbranched alkanes of at least 4 members (excludes halogenated alkanes) is 5. The molecule has 0 spiro atoms. The van der Waals surface area contributed by atoms with E-state index in [2.05, 4.69) is 12.2 Å². The van der Waals surface area contributed by atoms with Crippen molar-refractivity contribution >= 4 is 23.3 Å². The number of benzene rings is 2. The van der Waals surface area contributed by atoms with E-state index in [4.69, 9.17) is 9.47 Å². The van der Waals surface area contributed by atoms with Gasteiger partial charge in [-0.05, 0) is 24.1 Å². The maximum absolute atomic E-state index is 13.7.